The number of likely N-dealkylation sites (tertiary alicyclic amines) is 1. The highest BCUT2D eigenvalue weighted by Crippen LogP contribution is 2.39. The first-order valence-electron chi connectivity index (χ1n) is 10.0. The van der Waals surface area contributed by atoms with Gasteiger partial charge in [-0.2, -0.15) is 0 Å². The van der Waals surface area contributed by atoms with Crippen LogP contribution in [0.25, 0.3) is 11.1 Å². The second-order valence-corrected chi connectivity index (χ2v) is 7.46. The van der Waals surface area contributed by atoms with E-state index in [9.17, 15) is 19.1 Å². The van der Waals surface area contributed by atoms with Crippen LogP contribution in [0.4, 0.5) is 4.39 Å². The molecule has 158 valence electrons. The second kappa shape index (κ2) is 8.60. The average Bonchev–Trinajstić information content (AvgIpc) is 3.24. The first-order valence-corrected chi connectivity index (χ1v) is 10.0. The van der Waals surface area contributed by atoms with Gasteiger partial charge in [0, 0.05) is 16.7 Å². The fraction of sp³-hybridized carbons (Fsp3) is 0.200. The van der Waals surface area contributed by atoms with Crippen LogP contribution >= 0.6 is 0 Å². The van der Waals surface area contributed by atoms with E-state index in [0.717, 1.165) is 11.1 Å². The van der Waals surface area contributed by atoms with Gasteiger partial charge in [0.05, 0.1) is 13.2 Å². The molecule has 0 aromatic heterocycles. The number of hydrogen-bond acceptors (Lipinski definition) is 3. The Balaban J connectivity index is 1.73. The van der Waals surface area contributed by atoms with Crippen molar-refractivity contribution in [1.29, 1.82) is 0 Å². The van der Waals surface area contributed by atoms with Crippen LogP contribution in [0.3, 0.4) is 0 Å². The quantitative estimate of drug-likeness (QED) is 0.637. The van der Waals surface area contributed by atoms with Crippen molar-refractivity contribution < 1.29 is 23.8 Å². The van der Waals surface area contributed by atoms with E-state index in [4.69, 9.17) is 4.74 Å². The van der Waals surface area contributed by atoms with Crippen LogP contribution in [-0.2, 0) is 4.79 Å². The first kappa shape index (κ1) is 20.6. The Hall–Kier alpha value is -3.67. The number of carboxylic acid groups (broad SMARTS) is 1. The summed E-state index contributed by atoms with van der Waals surface area (Å²) in [6.45, 7) is 0. The molecule has 6 heteroatoms. The third kappa shape index (κ3) is 3.89. The van der Waals surface area contributed by atoms with Crippen LogP contribution in [0.5, 0.6) is 5.75 Å². The topological polar surface area (TPSA) is 66.8 Å². The molecule has 0 spiro atoms. The summed E-state index contributed by atoms with van der Waals surface area (Å²) < 4.78 is 20.0. The average molecular weight is 419 g/mol. The normalized spacial score (nSPS) is 18.1. The van der Waals surface area contributed by atoms with E-state index in [2.05, 4.69) is 0 Å². The lowest BCUT2D eigenvalue weighted by atomic mass is 10.0. The molecular weight excluding hydrogens is 397 g/mol. The van der Waals surface area contributed by atoms with Crippen molar-refractivity contribution in [3.05, 3.63) is 89.7 Å². The third-order valence-electron chi connectivity index (χ3n) is 5.70. The number of hydrogen-bond donors (Lipinski definition) is 1. The smallest absolute Gasteiger partial charge is 0.326 e. The van der Waals surface area contributed by atoms with Crippen molar-refractivity contribution in [2.45, 2.75) is 24.9 Å². The molecular formula is C25H22FNO4. The maximum atomic E-state index is 14.5. The van der Waals surface area contributed by atoms with Gasteiger partial charge in [-0.25, -0.2) is 9.18 Å². The highest BCUT2D eigenvalue weighted by molar-refractivity contribution is 5.98. The highest BCUT2D eigenvalue weighted by atomic mass is 19.1. The molecule has 0 unspecified atom stereocenters. The summed E-state index contributed by atoms with van der Waals surface area (Å²) >= 11 is 0. The van der Waals surface area contributed by atoms with Crippen LogP contribution in [-0.4, -0.2) is 35.0 Å². The van der Waals surface area contributed by atoms with Gasteiger partial charge in [0.1, 0.15) is 17.6 Å². The monoisotopic (exact) mass is 419 g/mol. The summed E-state index contributed by atoms with van der Waals surface area (Å²) in [7, 11) is 1.52. The Bertz CT molecular complexity index is 1120. The van der Waals surface area contributed by atoms with E-state index in [1.54, 1.807) is 36.4 Å². The molecule has 1 fully saturated rings. The minimum atomic E-state index is -1.10. The Morgan fingerprint density at radius 2 is 1.71 bits per heavy atom. The van der Waals surface area contributed by atoms with Gasteiger partial charge >= 0.3 is 5.97 Å². The van der Waals surface area contributed by atoms with Gasteiger partial charge in [-0.05, 0) is 42.7 Å². The van der Waals surface area contributed by atoms with Crippen LogP contribution < -0.4 is 4.74 Å². The molecule has 1 aliphatic heterocycles. The lowest BCUT2D eigenvalue weighted by Crippen LogP contribution is -2.42. The highest BCUT2D eigenvalue weighted by Gasteiger charge is 2.42. The molecule has 1 saturated heterocycles. The van der Waals surface area contributed by atoms with E-state index >= 15 is 0 Å². The summed E-state index contributed by atoms with van der Waals surface area (Å²) in [5.74, 6) is -1.50. The summed E-state index contributed by atoms with van der Waals surface area (Å²) in [5.41, 5.74) is 2.38. The number of ether oxygens (including phenoxy) is 1. The molecule has 1 heterocycles. The summed E-state index contributed by atoms with van der Waals surface area (Å²) in [6.07, 6.45) is 0.641. The minimum Gasteiger partial charge on any atom is -0.496 e. The van der Waals surface area contributed by atoms with Gasteiger partial charge < -0.3 is 14.7 Å². The molecule has 1 amide bonds. The van der Waals surface area contributed by atoms with Crippen molar-refractivity contribution in [2.24, 2.45) is 0 Å². The molecule has 4 rings (SSSR count). The fourth-order valence-corrected chi connectivity index (χ4v) is 4.22. The van der Waals surface area contributed by atoms with E-state index in [1.807, 2.05) is 30.3 Å². The van der Waals surface area contributed by atoms with Crippen molar-refractivity contribution in [2.75, 3.05) is 7.11 Å². The maximum Gasteiger partial charge on any atom is 0.326 e. The summed E-state index contributed by atoms with van der Waals surface area (Å²) in [6, 6.07) is 19.2. The SMILES string of the molecule is COc1cc(C(=O)N2[C@@H](C(=O)O)CC[C@H]2c2ccccc2F)ccc1-c1ccccc1. The van der Waals surface area contributed by atoms with Crippen molar-refractivity contribution >= 4 is 11.9 Å². The molecule has 31 heavy (non-hydrogen) atoms. The Labute approximate surface area is 179 Å². The molecule has 0 radical (unpaired) electrons. The number of halogens is 1. The molecule has 0 saturated carbocycles. The van der Waals surface area contributed by atoms with Gasteiger partial charge in [-0.15, -0.1) is 0 Å². The van der Waals surface area contributed by atoms with Gasteiger partial charge in [0.2, 0.25) is 0 Å². The minimum absolute atomic E-state index is 0.263. The van der Waals surface area contributed by atoms with E-state index in [1.165, 1.54) is 18.1 Å². The number of carbonyl (C=O) groups excluding carboxylic acids is 1. The predicted molar refractivity (Wildman–Crippen MR) is 114 cm³/mol. The Kier molecular flexibility index (Phi) is 5.71. The van der Waals surface area contributed by atoms with E-state index in [0.29, 0.717) is 23.3 Å². The molecule has 1 aliphatic rings. The van der Waals surface area contributed by atoms with Crippen LogP contribution in [0.2, 0.25) is 0 Å². The van der Waals surface area contributed by atoms with E-state index < -0.39 is 29.8 Å². The van der Waals surface area contributed by atoms with Crippen LogP contribution in [0, 0.1) is 5.82 Å². The molecule has 3 aromatic carbocycles. The molecule has 2 atom stereocenters. The molecule has 0 aliphatic carbocycles. The lowest BCUT2D eigenvalue weighted by molar-refractivity contribution is -0.141. The maximum absolute atomic E-state index is 14.5. The molecule has 0 bridgehead atoms. The van der Waals surface area contributed by atoms with Crippen molar-refractivity contribution in [3.8, 4) is 16.9 Å². The third-order valence-corrected chi connectivity index (χ3v) is 5.70. The second-order valence-electron chi connectivity index (χ2n) is 7.46. The van der Waals surface area contributed by atoms with Gasteiger partial charge in [0.25, 0.3) is 5.91 Å². The van der Waals surface area contributed by atoms with Crippen molar-refractivity contribution in [3.63, 3.8) is 0 Å². The fourth-order valence-electron chi connectivity index (χ4n) is 4.22. The molecule has 3 aromatic rings. The summed E-state index contributed by atoms with van der Waals surface area (Å²) in [4.78, 5) is 26.6. The zero-order chi connectivity index (χ0) is 22.0. The number of nitrogens with zero attached hydrogens (tertiary/aromatic N) is 1. The Morgan fingerprint density at radius 1 is 1.00 bits per heavy atom. The molecule has 1 N–H and O–H groups in total. The number of amides is 1. The first-order chi connectivity index (χ1) is 15.0. The Morgan fingerprint density at radius 3 is 2.39 bits per heavy atom. The zero-order valence-corrected chi connectivity index (χ0v) is 17.0. The lowest BCUT2D eigenvalue weighted by Gasteiger charge is -2.29. The number of methoxy groups -OCH3 is 1. The number of benzene rings is 3. The predicted octanol–water partition coefficient (Wildman–Crippen LogP) is 4.93. The van der Waals surface area contributed by atoms with Gasteiger partial charge in [-0.1, -0.05) is 48.5 Å². The van der Waals surface area contributed by atoms with Gasteiger partial charge in [-0.3, -0.25) is 4.79 Å². The molecule has 5 nitrogen and oxygen atoms in total. The number of carboxylic acids is 1. The van der Waals surface area contributed by atoms with Gasteiger partial charge in [0.15, 0.2) is 0 Å². The van der Waals surface area contributed by atoms with Crippen LogP contribution in [0.1, 0.15) is 34.8 Å². The number of carbonyl (C=O) groups is 2. The largest absolute Gasteiger partial charge is 0.496 e. The standard InChI is InChI=1S/C25H22FNO4/c1-31-23-15-17(11-12-18(23)16-7-3-2-4-8-16)24(28)27-21(13-14-22(27)25(29)30)19-9-5-6-10-20(19)26/h2-12,15,21-22H,13-14H2,1H3,(H,29,30)/t21-,22+/m0/s1. The zero-order valence-electron chi connectivity index (χ0n) is 17.0. The summed E-state index contributed by atoms with van der Waals surface area (Å²) in [5, 5.41) is 9.69. The van der Waals surface area contributed by atoms with E-state index in [-0.39, 0.29) is 6.42 Å². The van der Waals surface area contributed by atoms with Crippen molar-refractivity contribution in [1.82, 2.24) is 4.90 Å². The van der Waals surface area contributed by atoms with Crippen LogP contribution in [0.15, 0.2) is 72.8 Å². The number of aliphatic carboxylic acids is 1. The number of rotatable bonds is 5.